The third kappa shape index (κ3) is 1.21. The number of aliphatic carboxylic acids is 2. The molecule has 1 fully saturated rings. The van der Waals surface area contributed by atoms with Crippen LogP contribution in [0.2, 0.25) is 0 Å². The van der Waals surface area contributed by atoms with Crippen molar-refractivity contribution in [2.45, 2.75) is 19.3 Å². The number of rotatable bonds is 2. The van der Waals surface area contributed by atoms with Crippen LogP contribution < -0.4 is 0 Å². The second kappa shape index (κ2) is 3.28. The van der Waals surface area contributed by atoms with Crippen molar-refractivity contribution in [3.8, 4) is 0 Å². The van der Waals surface area contributed by atoms with E-state index in [-0.39, 0.29) is 23.9 Å². The summed E-state index contributed by atoms with van der Waals surface area (Å²) in [5.74, 6) is -1.90. The van der Waals surface area contributed by atoms with E-state index in [0.29, 0.717) is 12.8 Å². The summed E-state index contributed by atoms with van der Waals surface area (Å²) < 4.78 is 0. The summed E-state index contributed by atoms with van der Waals surface area (Å²) >= 11 is 0. The van der Waals surface area contributed by atoms with E-state index >= 15 is 0 Å². The fourth-order valence-corrected chi connectivity index (χ4v) is 2.45. The quantitative estimate of drug-likeness (QED) is 0.733. The van der Waals surface area contributed by atoms with E-state index in [0.717, 1.165) is 6.42 Å². The highest BCUT2D eigenvalue weighted by atomic mass is 35.5. The fourth-order valence-electron chi connectivity index (χ4n) is 2.45. The normalized spacial score (nSPS) is 33.4. The number of halogens is 1. The molecule has 0 amide bonds. The van der Waals surface area contributed by atoms with Crippen LogP contribution in [0.3, 0.4) is 0 Å². The summed E-state index contributed by atoms with van der Waals surface area (Å²) in [5.41, 5.74) is -0.979. The van der Waals surface area contributed by atoms with Crippen molar-refractivity contribution in [1.82, 2.24) is 0 Å². The Bertz CT molecular complexity index is 323. The first-order valence-corrected chi connectivity index (χ1v) is 4.25. The van der Waals surface area contributed by atoms with Gasteiger partial charge in [0.25, 0.3) is 0 Å². The lowest BCUT2D eigenvalue weighted by atomic mass is 9.80. The topological polar surface area (TPSA) is 74.6 Å². The molecule has 0 saturated heterocycles. The lowest BCUT2D eigenvalue weighted by molar-refractivity contribution is -0.149. The molecule has 2 aliphatic carbocycles. The molecule has 0 heterocycles. The number of allylic oxidation sites excluding steroid dienone is 1. The number of fused-ring (bicyclic) bond motifs is 2. The second-order valence-corrected chi connectivity index (χ2v) is 3.78. The monoisotopic (exact) mass is 218 g/mol. The maximum absolute atomic E-state index is 11.0. The van der Waals surface area contributed by atoms with Crippen molar-refractivity contribution in [1.29, 1.82) is 0 Å². The van der Waals surface area contributed by atoms with Crippen molar-refractivity contribution in [2.75, 3.05) is 0 Å². The zero-order valence-corrected chi connectivity index (χ0v) is 8.21. The zero-order valence-electron chi connectivity index (χ0n) is 7.40. The van der Waals surface area contributed by atoms with Crippen LogP contribution in [-0.4, -0.2) is 22.2 Å². The van der Waals surface area contributed by atoms with Gasteiger partial charge in [-0.3, -0.25) is 4.79 Å². The molecule has 0 aromatic rings. The Kier molecular flexibility index (Phi) is 2.58. The molecule has 0 aromatic heterocycles. The van der Waals surface area contributed by atoms with Crippen molar-refractivity contribution in [3.63, 3.8) is 0 Å². The summed E-state index contributed by atoms with van der Waals surface area (Å²) in [6.45, 7) is 0. The van der Waals surface area contributed by atoms with Crippen LogP contribution in [0.1, 0.15) is 19.3 Å². The summed E-state index contributed by atoms with van der Waals surface area (Å²) in [4.78, 5) is 21.8. The molecule has 4 nitrogen and oxygen atoms in total. The van der Waals surface area contributed by atoms with Gasteiger partial charge in [0.2, 0.25) is 0 Å². The van der Waals surface area contributed by atoms with E-state index in [9.17, 15) is 9.59 Å². The van der Waals surface area contributed by atoms with E-state index in [1.165, 1.54) is 0 Å². The molecule has 14 heavy (non-hydrogen) atoms. The molecule has 1 saturated carbocycles. The predicted molar refractivity (Wildman–Crippen MR) is 50.4 cm³/mol. The maximum Gasteiger partial charge on any atom is 0.332 e. The molecule has 2 unspecified atom stereocenters. The smallest absolute Gasteiger partial charge is 0.332 e. The third-order valence-corrected chi connectivity index (χ3v) is 3.11. The van der Waals surface area contributed by atoms with Crippen LogP contribution in [0.25, 0.3) is 0 Å². The van der Waals surface area contributed by atoms with Gasteiger partial charge in [-0.15, -0.1) is 12.4 Å². The average molecular weight is 219 g/mol. The van der Waals surface area contributed by atoms with Gasteiger partial charge in [-0.2, -0.15) is 0 Å². The Balaban J connectivity index is 0.000000980. The van der Waals surface area contributed by atoms with Gasteiger partial charge in [0, 0.05) is 0 Å². The van der Waals surface area contributed by atoms with Crippen molar-refractivity contribution >= 4 is 24.3 Å². The Morgan fingerprint density at radius 3 is 2.43 bits per heavy atom. The molecule has 0 radical (unpaired) electrons. The largest absolute Gasteiger partial charge is 0.481 e. The minimum atomic E-state index is -1.08. The molecule has 5 heteroatoms. The van der Waals surface area contributed by atoms with Crippen LogP contribution in [-0.2, 0) is 9.59 Å². The number of carbonyl (C=O) groups is 2. The molecule has 0 aromatic carbocycles. The molecule has 0 spiro atoms. The van der Waals surface area contributed by atoms with Gasteiger partial charge in [0.15, 0.2) is 0 Å². The SMILES string of the molecule is Cl.O=C(O)C1=CC2CCC1(C(=O)O)C2. The van der Waals surface area contributed by atoms with Crippen molar-refractivity contribution < 1.29 is 19.8 Å². The summed E-state index contributed by atoms with van der Waals surface area (Å²) in [6.07, 6.45) is 3.37. The second-order valence-electron chi connectivity index (χ2n) is 3.78. The van der Waals surface area contributed by atoms with Gasteiger partial charge in [-0.25, -0.2) is 4.79 Å². The predicted octanol–water partition coefficient (Wildman–Crippen LogP) is 1.30. The summed E-state index contributed by atoms with van der Waals surface area (Å²) in [5, 5.41) is 17.8. The first-order chi connectivity index (χ1) is 6.06. The van der Waals surface area contributed by atoms with Crippen LogP contribution in [0.15, 0.2) is 11.6 Å². The van der Waals surface area contributed by atoms with E-state index in [2.05, 4.69) is 0 Å². The van der Waals surface area contributed by atoms with Gasteiger partial charge in [0.05, 0.1) is 5.57 Å². The number of hydrogen-bond donors (Lipinski definition) is 2. The molecule has 2 N–H and O–H groups in total. The van der Waals surface area contributed by atoms with E-state index < -0.39 is 17.4 Å². The summed E-state index contributed by atoms with van der Waals surface area (Å²) in [6, 6.07) is 0. The number of hydrogen-bond acceptors (Lipinski definition) is 2. The maximum atomic E-state index is 11.0. The summed E-state index contributed by atoms with van der Waals surface area (Å²) in [7, 11) is 0. The van der Waals surface area contributed by atoms with Crippen LogP contribution in [0.4, 0.5) is 0 Å². The Morgan fingerprint density at radius 2 is 2.07 bits per heavy atom. The molecule has 2 aliphatic rings. The van der Waals surface area contributed by atoms with E-state index in [1.807, 2.05) is 0 Å². The Morgan fingerprint density at radius 1 is 1.43 bits per heavy atom. The molecule has 78 valence electrons. The van der Waals surface area contributed by atoms with Crippen molar-refractivity contribution in [3.05, 3.63) is 11.6 Å². The Hall–Kier alpha value is -1.03. The molecule has 2 atom stereocenters. The van der Waals surface area contributed by atoms with E-state index in [1.54, 1.807) is 6.08 Å². The molecular weight excluding hydrogens is 208 g/mol. The molecule has 2 rings (SSSR count). The number of carboxylic acids is 2. The highest BCUT2D eigenvalue weighted by Crippen LogP contribution is 2.53. The van der Waals surface area contributed by atoms with Gasteiger partial charge < -0.3 is 10.2 Å². The van der Waals surface area contributed by atoms with Crippen LogP contribution >= 0.6 is 12.4 Å². The fraction of sp³-hybridized carbons (Fsp3) is 0.556. The van der Waals surface area contributed by atoms with Gasteiger partial charge >= 0.3 is 11.9 Å². The third-order valence-electron chi connectivity index (χ3n) is 3.11. The lowest BCUT2D eigenvalue weighted by Gasteiger charge is -2.21. The standard InChI is InChI=1S/C9H10O4.ClH/c10-7(11)6-3-5-1-2-9(6,4-5)8(12)13;/h3,5H,1-2,4H2,(H,10,11)(H,12,13);1H. The van der Waals surface area contributed by atoms with Crippen molar-refractivity contribution in [2.24, 2.45) is 11.3 Å². The first kappa shape index (κ1) is 11.0. The highest BCUT2D eigenvalue weighted by Gasteiger charge is 2.54. The van der Waals surface area contributed by atoms with Gasteiger partial charge in [-0.1, -0.05) is 6.08 Å². The van der Waals surface area contributed by atoms with Crippen LogP contribution in [0, 0.1) is 11.3 Å². The van der Waals surface area contributed by atoms with Gasteiger partial charge in [0.1, 0.15) is 5.41 Å². The first-order valence-electron chi connectivity index (χ1n) is 4.25. The van der Waals surface area contributed by atoms with Crippen LogP contribution in [0.5, 0.6) is 0 Å². The number of carboxylic acid groups (broad SMARTS) is 2. The van der Waals surface area contributed by atoms with E-state index in [4.69, 9.17) is 10.2 Å². The lowest BCUT2D eigenvalue weighted by Crippen LogP contribution is -2.32. The minimum Gasteiger partial charge on any atom is -0.481 e. The minimum absolute atomic E-state index is 0. The average Bonchev–Trinajstić information content (AvgIpc) is 2.60. The highest BCUT2D eigenvalue weighted by molar-refractivity contribution is 5.98. The molecule has 0 aliphatic heterocycles. The van der Waals surface area contributed by atoms with Gasteiger partial charge in [-0.05, 0) is 25.2 Å². The Labute approximate surface area is 87.0 Å². The zero-order chi connectivity index (χ0) is 9.64. The molecular formula is C9H11ClO4. The molecule has 2 bridgehead atoms.